The van der Waals surface area contributed by atoms with E-state index in [1.54, 1.807) is 20.8 Å². The number of carbonyl (C=O) groups is 2. The van der Waals surface area contributed by atoms with Crippen molar-refractivity contribution in [2.45, 2.75) is 53.1 Å². The molecule has 0 bridgehead atoms. The smallest absolute Gasteiger partial charge is 0.412 e. The molecule has 1 aromatic heterocycles. The molecule has 0 radical (unpaired) electrons. The van der Waals surface area contributed by atoms with Crippen molar-refractivity contribution in [3.63, 3.8) is 0 Å². The highest BCUT2D eigenvalue weighted by Crippen LogP contribution is 2.24. The molecule has 0 fully saturated rings. The summed E-state index contributed by atoms with van der Waals surface area (Å²) >= 11 is 0. The first-order valence-electron chi connectivity index (χ1n) is 9.85. The third-order valence-electron chi connectivity index (χ3n) is 3.68. The van der Waals surface area contributed by atoms with Crippen molar-refractivity contribution in [1.29, 1.82) is 0 Å². The summed E-state index contributed by atoms with van der Waals surface area (Å²) < 4.78 is 31.2. The maximum atomic E-state index is 13.7. The summed E-state index contributed by atoms with van der Waals surface area (Å²) in [6.07, 6.45) is 0.152. The summed E-state index contributed by atoms with van der Waals surface area (Å²) in [5.41, 5.74) is -0.498. The van der Waals surface area contributed by atoms with Crippen LogP contribution in [0, 0.1) is 5.82 Å². The number of rotatable bonds is 9. The molecular weight excluding hydrogens is 409 g/mol. The summed E-state index contributed by atoms with van der Waals surface area (Å²) in [5.74, 6) is -1.22. The van der Waals surface area contributed by atoms with Gasteiger partial charge in [0.05, 0.1) is 24.1 Å². The fraction of sp³-hybridized carbons (Fsp3) is 0.500. The molecule has 0 spiro atoms. The predicted octanol–water partition coefficient (Wildman–Crippen LogP) is 3.42. The third-order valence-corrected chi connectivity index (χ3v) is 3.68. The van der Waals surface area contributed by atoms with E-state index in [0.717, 1.165) is 12.1 Å². The summed E-state index contributed by atoms with van der Waals surface area (Å²) in [7, 11) is 0. The topological polar surface area (TPSA) is 117 Å². The van der Waals surface area contributed by atoms with E-state index in [9.17, 15) is 14.0 Å². The Hall–Kier alpha value is -3.05. The lowest BCUT2D eigenvalue weighted by Crippen LogP contribution is -2.27. The first kappa shape index (κ1) is 24.2. The van der Waals surface area contributed by atoms with Crippen LogP contribution in [0.1, 0.15) is 45.1 Å². The molecule has 0 aliphatic rings. The van der Waals surface area contributed by atoms with E-state index >= 15 is 0 Å². The van der Waals surface area contributed by atoms with E-state index < -0.39 is 29.7 Å². The van der Waals surface area contributed by atoms with Crippen LogP contribution in [0.5, 0.6) is 0 Å². The van der Waals surface area contributed by atoms with Crippen molar-refractivity contribution in [3.05, 3.63) is 35.9 Å². The van der Waals surface area contributed by atoms with Crippen LogP contribution in [0.15, 0.2) is 24.4 Å². The molecule has 10 nitrogen and oxygen atoms in total. The number of hydrogen-bond acceptors (Lipinski definition) is 7. The molecule has 0 unspecified atom stereocenters. The minimum atomic E-state index is -0.738. The largest absolute Gasteiger partial charge is 0.444 e. The zero-order chi connectivity index (χ0) is 23.0. The molecule has 0 saturated carbocycles. The number of halogens is 1. The summed E-state index contributed by atoms with van der Waals surface area (Å²) in [6.45, 7) is 9.98. The van der Waals surface area contributed by atoms with Crippen LogP contribution >= 0.6 is 0 Å². The quantitative estimate of drug-likeness (QED) is 0.577. The lowest BCUT2D eigenvalue weighted by molar-refractivity contribution is -0.145. The van der Waals surface area contributed by atoms with Gasteiger partial charge < -0.3 is 19.5 Å². The fourth-order valence-electron chi connectivity index (χ4n) is 2.50. The molecule has 170 valence electrons. The first-order chi connectivity index (χ1) is 14.6. The average molecular weight is 437 g/mol. The zero-order valence-electron chi connectivity index (χ0n) is 18.3. The van der Waals surface area contributed by atoms with Gasteiger partial charge >= 0.3 is 6.09 Å². The minimum absolute atomic E-state index is 0.000716. The number of nitrogens with zero attached hydrogens (tertiary/aromatic N) is 3. The van der Waals surface area contributed by atoms with Crippen molar-refractivity contribution in [1.82, 2.24) is 15.0 Å². The molecule has 31 heavy (non-hydrogen) atoms. The van der Waals surface area contributed by atoms with Gasteiger partial charge in [0.15, 0.2) is 12.0 Å². The minimum Gasteiger partial charge on any atom is -0.444 e. The molecule has 0 aliphatic heterocycles. The highest BCUT2D eigenvalue weighted by atomic mass is 19.1. The number of benzene rings is 1. The number of aromatic nitrogens is 3. The molecule has 2 N–H and O–H groups in total. The molecule has 2 amide bonds. The highest BCUT2D eigenvalue weighted by molar-refractivity contribution is 6.05. The Bertz CT molecular complexity index is 890. The third kappa shape index (κ3) is 7.95. The van der Waals surface area contributed by atoms with Crippen LogP contribution < -0.4 is 10.6 Å². The number of carbonyl (C=O) groups excluding carboxylic acids is 2. The average Bonchev–Trinajstić information content (AvgIpc) is 3.11. The van der Waals surface area contributed by atoms with Gasteiger partial charge in [0, 0.05) is 13.2 Å². The predicted molar refractivity (Wildman–Crippen MR) is 111 cm³/mol. The molecule has 0 saturated heterocycles. The molecule has 11 heteroatoms. The van der Waals surface area contributed by atoms with Crippen LogP contribution in [-0.4, -0.2) is 52.1 Å². The lowest BCUT2D eigenvalue weighted by Gasteiger charge is -2.20. The Kier molecular flexibility index (Phi) is 8.46. The second-order valence-electron chi connectivity index (χ2n) is 7.44. The van der Waals surface area contributed by atoms with Crippen molar-refractivity contribution in [2.24, 2.45) is 0 Å². The summed E-state index contributed by atoms with van der Waals surface area (Å²) in [4.78, 5) is 24.6. The Morgan fingerprint density at radius 2 is 1.81 bits per heavy atom. The number of hydrogen-bond donors (Lipinski definition) is 2. The van der Waals surface area contributed by atoms with Crippen molar-refractivity contribution in [3.8, 4) is 0 Å². The zero-order valence-corrected chi connectivity index (χ0v) is 18.3. The van der Waals surface area contributed by atoms with Crippen molar-refractivity contribution >= 4 is 23.4 Å². The molecule has 1 heterocycles. The molecule has 1 aromatic carbocycles. The molecular formula is C20H28FN5O5. The number of anilines is 2. The van der Waals surface area contributed by atoms with Crippen LogP contribution in [-0.2, 0) is 20.8 Å². The van der Waals surface area contributed by atoms with Gasteiger partial charge in [-0.3, -0.25) is 10.1 Å². The summed E-state index contributed by atoms with van der Waals surface area (Å²) in [5, 5.41) is 12.7. The summed E-state index contributed by atoms with van der Waals surface area (Å²) in [6, 6.07) is 3.55. The van der Waals surface area contributed by atoms with Crippen LogP contribution in [0.4, 0.5) is 20.6 Å². The van der Waals surface area contributed by atoms with Gasteiger partial charge in [0.25, 0.3) is 5.91 Å². The molecule has 2 aromatic rings. The van der Waals surface area contributed by atoms with Gasteiger partial charge in [0.2, 0.25) is 0 Å². The Balaban J connectivity index is 2.10. The number of nitrogens with one attached hydrogen (secondary N) is 2. The Labute approximate surface area is 180 Å². The highest BCUT2D eigenvalue weighted by Gasteiger charge is 2.19. The monoisotopic (exact) mass is 437 g/mol. The van der Waals surface area contributed by atoms with Crippen LogP contribution in [0.2, 0.25) is 0 Å². The maximum absolute atomic E-state index is 13.7. The van der Waals surface area contributed by atoms with Gasteiger partial charge in [-0.2, -0.15) is 0 Å². The standard InChI is InChI=1S/C20H28FN5O5/c1-6-29-17(30-7-2)12-26-11-16(24-25-26)18(27)22-15-10-13(21)8-9-14(15)23-19(28)31-20(3,4)5/h8-11,17H,6-7,12H2,1-5H3,(H,22,27)(H,23,28). The van der Waals surface area contributed by atoms with Crippen LogP contribution in [0.3, 0.4) is 0 Å². The SMILES string of the molecule is CCOC(Cn1cc(C(=O)Nc2cc(F)ccc2NC(=O)OC(C)(C)C)nn1)OCC. The normalized spacial score (nSPS) is 11.5. The second kappa shape index (κ2) is 10.8. The Morgan fingerprint density at radius 3 is 2.42 bits per heavy atom. The van der Waals surface area contributed by atoms with Gasteiger partial charge in [-0.1, -0.05) is 5.21 Å². The van der Waals surface area contributed by atoms with Gasteiger partial charge in [-0.05, 0) is 52.8 Å². The van der Waals surface area contributed by atoms with E-state index in [-0.39, 0.29) is 23.6 Å². The number of amides is 2. The van der Waals surface area contributed by atoms with Gasteiger partial charge in [0.1, 0.15) is 11.4 Å². The Morgan fingerprint density at radius 1 is 1.13 bits per heavy atom. The van der Waals surface area contributed by atoms with E-state index in [1.165, 1.54) is 16.9 Å². The van der Waals surface area contributed by atoms with Crippen molar-refractivity contribution < 1.29 is 28.2 Å². The molecule has 0 aliphatic carbocycles. The van der Waals surface area contributed by atoms with Crippen molar-refractivity contribution in [2.75, 3.05) is 23.8 Å². The van der Waals surface area contributed by atoms with E-state index in [4.69, 9.17) is 14.2 Å². The second-order valence-corrected chi connectivity index (χ2v) is 7.44. The van der Waals surface area contributed by atoms with E-state index in [1.807, 2.05) is 13.8 Å². The van der Waals surface area contributed by atoms with Gasteiger partial charge in [-0.15, -0.1) is 5.10 Å². The maximum Gasteiger partial charge on any atom is 0.412 e. The van der Waals surface area contributed by atoms with E-state index in [2.05, 4.69) is 20.9 Å². The lowest BCUT2D eigenvalue weighted by atomic mass is 10.2. The molecule has 2 rings (SSSR count). The van der Waals surface area contributed by atoms with E-state index in [0.29, 0.717) is 13.2 Å². The molecule has 0 atom stereocenters. The first-order valence-corrected chi connectivity index (χ1v) is 9.85. The number of ether oxygens (including phenoxy) is 3. The fourth-order valence-corrected chi connectivity index (χ4v) is 2.50. The van der Waals surface area contributed by atoms with Gasteiger partial charge in [-0.25, -0.2) is 13.9 Å². The van der Waals surface area contributed by atoms with Crippen LogP contribution in [0.25, 0.3) is 0 Å².